The van der Waals surface area contributed by atoms with E-state index in [1.54, 1.807) is 0 Å². The predicted molar refractivity (Wildman–Crippen MR) is 133 cm³/mol. The van der Waals surface area contributed by atoms with Gasteiger partial charge in [0.05, 0.1) is 6.10 Å². The molecule has 3 aliphatic rings. The molecule has 1 saturated heterocycles. The van der Waals surface area contributed by atoms with Crippen molar-refractivity contribution in [2.75, 3.05) is 31.6 Å². The number of aliphatic carboxylic acids is 1. The standard InChI is InChI=1S/C28H37N3O3/c32-28(33)26(25-9-2-1-6-22(25)18-20-10-11-20)31-16-14-24(19-31)34-17-4-3-8-23-13-12-21-7-5-15-29-27(21)30-23/h1-2,6,9,12-13,20,24,26H,3-5,7-8,10-11,14-19H2,(H,29,30)(H,32,33)/t24?,26-/m1/s1. The minimum absolute atomic E-state index is 0.114. The first-order chi connectivity index (χ1) is 16.7. The first kappa shape index (κ1) is 23.3. The summed E-state index contributed by atoms with van der Waals surface area (Å²) in [5.74, 6) is 1.05. The number of aryl methyl sites for hydroxylation is 2. The number of pyridine rings is 1. The molecule has 2 aromatic rings. The second kappa shape index (κ2) is 10.9. The molecule has 34 heavy (non-hydrogen) atoms. The Labute approximate surface area is 202 Å². The van der Waals surface area contributed by atoms with E-state index in [1.165, 1.54) is 30.4 Å². The molecule has 3 heterocycles. The molecule has 1 aromatic heterocycles. The molecule has 1 unspecified atom stereocenters. The highest BCUT2D eigenvalue weighted by Gasteiger charge is 2.35. The average Bonchev–Trinajstić information content (AvgIpc) is 3.55. The van der Waals surface area contributed by atoms with Crippen molar-refractivity contribution >= 4 is 11.8 Å². The van der Waals surface area contributed by atoms with Crippen LogP contribution in [0.1, 0.15) is 67.0 Å². The van der Waals surface area contributed by atoms with Crippen LogP contribution in [0.2, 0.25) is 0 Å². The second-order valence-electron chi connectivity index (χ2n) is 10.2. The lowest BCUT2D eigenvalue weighted by atomic mass is 9.95. The SMILES string of the molecule is O=C(O)[C@@H](c1ccccc1CC1CC1)N1CCC(OCCCCc2ccc3c(n2)NCCC3)C1. The quantitative estimate of drug-likeness (QED) is 0.473. The van der Waals surface area contributed by atoms with E-state index in [-0.39, 0.29) is 6.10 Å². The zero-order chi connectivity index (χ0) is 23.3. The summed E-state index contributed by atoms with van der Waals surface area (Å²) in [5.41, 5.74) is 4.65. The number of nitrogens with one attached hydrogen (secondary N) is 1. The number of rotatable bonds is 11. The van der Waals surface area contributed by atoms with Gasteiger partial charge in [-0.1, -0.05) is 30.3 Å². The van der Waals surface area contributed by atoms with Crippen molar-refractivity contribution in [1.82, 2.24) is 9.88 Å². The Balaban J connectivity index is 1.08. The number of unbranched alkanes of at least 4 members (excludes halogenated alkanes) is 1. The number of carbonyl (C=O) groups is 1. The number of nitrogens with zero attached hydrogens (tertiary/aromatic N) is 2. The normalized spacial score (nSPS) is 21.1. The first-order valence-corrected chi connectivity index (χ1v) is 13.1. The molecule has 182 valence electrons. The summed E-state index contributed by atoms with van der Waals surface area (Å²) in [4.78, 5) is 19.2. The van der Waals surface area contributed by atoms with Crippen LogP contribution in [0.3, 0.4) is 0 Å². The van der Waals surface area contributed by atoms with Crippen LogP contribution in [0.25, 0.3) is 0 Å². The van der Waals surface area contributed by atoms with Gasteiger partial charge in [-0.05, 0) is 86.5 Å². The molecule has 1 aliphatic carbocycles. The predicted octanol–water partition coefficient (Wildman–Crippen LogP) is 4.63. The molecule has 2 aliphatic heterocycles. The number of carboxylic acids is 1. The molecule has 6 nitrogen and oxygen atoms in total. The fraction of sp³-hybridized carbons (Fsp3) is 0.571. The molecule has 0 bridgehead atoms. The van der Waals surface area contributed by atoms with Gasteiger partial charge in [0, 0.05) is 31.9 Å². The molecule has 1 saturated carbocycles. The van der Waals surface area contributed by atoms with Gasteiger partial charge in [-0.2, -0.15) is 0 Å². The number of anilines is 1. The highest BCUT2D eigenvalue weighted by molar-refractivity contribution is 5.76. The number of likely N-dealkylation sites (tertiary alicyclic amines) is 1. The van der Waals surface area contributed by atoms with Gasteiger partial charge < -0.3 is 15.2 Å². The smallest absolute Gasteiger partial charge is 0.325 e. The van der Waals surface area contributed by atoms with Gasteiger partial charge in [-0.25, -0.2) is 4.98 Å². The van der Waals surface area contributed by atoms with Crippen molar-refractivity contribution in [2.24, 2.45) is 5.92 Å². The fourth-order valence-electron chi connectivity index (χ4n) is 5.40. The van der Waals surface area contributed by atoms with E-state index in [9.17, 15) is 9.90 Å². The molecule has 2 atom stereocenters. The molecule has 6 heteroatoms. The maximum absolute atomic E-state index is 12.3. The number of aromatic nitrogens is 1. The van der Waals surface area contributed by atoms with Crippen molar-refractivity contribution in [3.63, 3.8) is 0 Å². The highest BCUT2D eigenvalue weighted by atomic mass is 16.5. The van der Waals surface area contributed by atoms with Crippen molar-refractivity contribution in [3.05, 3.63) is 58.8 Å². The molecule has 2 fully saturated rings. The van der Waals surface area contributed by atoms with E-state index < -0.39 is 12.0 Å². The molecule has 0 amide bonds. The lowest BCUT2D eigenvalue weighted by Crippen LogP contribution is -2.34. The van der Waals surface area contributed by atoms with E-state index >= 15 is 0 Å². The Morgan fingerprint density at radius 3 is 2.91 bits per heavy atom. The summed E-state index contributed by atoms with van der Waals surface area (Å²) in [7, 11) is 0. The summed E-state index contributed by atoms with van der Waals surface area (Å²) < 4.78 is 6.16. The number of benzene rings is 1. The van der Waals surface area contributed by atoms with E-state index in [0.717, 1.165) is 81.2 Å². The Morgan fingerprint density at radius 2 is 2.06 bits per heavy atom. The average molecular weight is 464 g/mol. The minimum atomic E-state index is -0.754. The monoisotopic (exact) mass is 463 g/mol. The molecule has 0 radical (unpaired) electrons. The molecule has 5 rings (SSSR count). The minimum Gasteiger partial charge on any atom is -0.480 e. The van der Waals surface area contributed by atoms with Crippen molar-refractivity contribution in [3.8, 4) is 0 Å². The summed E-state index contributed by atoms with van der Waals surface area (Å²) in [6.07, 6.45) is 9.87. The Morgan fingerprint density at radius 1 is 1.18 bits per heavy atom. The van der Waals surface area contributed by atoms with Gasteiger partial charge in [0.1, 0.15) is 11.9 Å². The topological polar surface area (TPSA) is 74.7 Å². The van der Waals surface area contributed by atoms with Crippen LogP contribution >= 0.6 is 0 Å². The zero-order valence-corrected chi connectivity index (χ0v) is 20.0. The van der Waals surface area contributed by atoms with Crippen LogP contribution in [-0.2, 0) is 28.8 Å². The Bertz CT molecular complexity index is 991. The number of carboxylic acid groups (broad SMARTS) is 1. The maximum Gasteiger partial charge on any atom is 0.325 e. The fourth-order valence-corrected chi connectivity index (χ4v) is 5.40. The maximum atomic E-state index is 12.3. The molecule has 1 aromatic carbocycles. The van der Waals surface area contributed by atoms with Gasteiger partial charge >= 0.3 is 5.97 Å². The van der Waals surface area contributed by atoms with Gasteiger partial charge in [-0.15, -0.1) is 0 Å². The molecular formula is C28H37N3O3. The van der Waals surface area contributed by atoms with Gasteiger partial charge in [0.15, 0.2) is 0 Å². The third kappa shape index (κ3) is 5.78. The van der Waals surface area contributed by atoms with Gasteiger partial charge in [0.2, 0.25) is 0 Å². The van der Waals surface area contributed by atoms with Crippen molar-refractivity contribution in [1.29, 1.82) is 0 Å². The zero-order valence-electron chi connectivity index (χ0n) is 20.0. The van der Waals surface area contributed by atoms with E-state index in [4.69, 9.17) is 9.72 Å². The third-order valence-electron chi connectivity index (χ3n) is 7.46. The van der Waals surface area contributed by atoms with E-state index in [2.05, 4.69) is 28.4 Å². The summed E-state index contributed by atoms with van der Waals surface area (Å²) in [5, 5.41) is 13.5. The molecular weight excluding hydrogens is 426 g/mol. The number of ether oxygens (including phenoxy) is 1. The Hall–Kier alpha value is -2.44. The van der Waals surface area contributed by atoms with Gasteiger partial charge in [-0.3, -0.25) is 9.69 Å². The Kier molecular flexibility index (Phi) is 7.45. The largest absolute Gasteiger partial charge is 0.480 e. The third-order valence-corrected chi connectivity index (χ3v) is 7.46. The number of fused-ring (bicyclic) bond motifs is 1. The van der Waals surface area contributed by atoms with Crippen molar-refractivity contribution < 1.29 is 14.6 Å². The van der Waals surface area contributed by atoms with Gasteiger partial charge in [0.25, 0.3) is 0 Å². The second-order valence-corrected chi connectivity index (χ2v) is 10.2. The van der Waals surface area contributed by atoms with Crippen LogP contribution in [0.5, 0.6) is 0 Å². The van der Waals surface area contributed by atoms with E-state index in [1.807, 2.05) is 18.2 Å². The van der Waals surface area contributed by atoms with Crippen LogP contribution in [0.4, 0.5) is 5.82 Å². The summed E-state index contributed by atoms with van der Waals surface area (Å²) >= 11 is 0. The number of hydrogen-bond acceptors (Lipinski definition) is 5. The number of hydrogen-bond donors (Lipinski definition) is 2. The summed E-state index contributed by atoms with van der Waals surface area (Å²) in [6.45, 7) is 3.19. The first-order valence-electron chi connectivity index (χ1n) is 13.1. The van der Waals surface area contributed by atoms with Crippen LogP contribution in [0.15, 0.2) is 36.4 Å². The van der Waals surface area contributed by atoms with Crippen LogP contribution < -0.4 is 5.32 Å². The van der Waals surface area contributed by atoms with Crippen LogP contribution in [0, 0.1) is 5.92 Å². The highest BCUT2D eigenvalue weighted by Crippen LogP contribution is 2.36. The lowest BCUT2D eigenvalue weighted by Gasteiger charge is -2.26. The van der Waals surface area contributed by atoms with Crippen LogP contribution in [-0.4, -0.2) is 53.3 Å². The lowest BCUT2D eigenvalue weighted by molar-refractivity contribution is -0.143. The molecule has 0 spiro atoms. The van der Waals surface area contributed by atoms with Crippen molar-refractivity contribution in [2.45, 2.75) is 69.9 Å². The van der Waals surface area contributed by atoms with E-state index in [0.29, 0.717) is 6.54 Å². The molecule has 2 N–H and O–H groups in total. The summed E-state index contributed by atoms with van der Waals surface area (Å²) in [6, 6.07) is 11.9.